The highest BCUT2D eigenvalue weighted by atomic mass is 16.5. The first kappa shape index (κ1) is 17.0. The van der Waals surface area contributed by atoms with Gasteiger partial charge in [0.25, 0.3) is 0 Å². The minimum Gasteiger partial charge on any atom is -0.461 e. The average Bonchev–Trinajstić information content (AvgIpc) is 2.31. The van der Waals surface area contributed by atoms with Crippen LogP contribution in [0.25, 0.3) is 0 Å². The molecule has 3 heteroatoms. The van der Waals surface area contributed by atoms with Crippen molar-refractivity contribution >= 4 is 5.97 Å². The Labute approximate surface area is 123 Å². The quantitative estimate of drug-likeness (QED) is 0.786. The largest absolute Gasteiger partial charge is 0.461 e. The van der Waals surface area contributed by atoms with Crippen LogP contribution in [0.15, 0.2) is 23.8 Å². The highest BCUT2D eigenvalue weighted by Gasteiger charge is 2.34. The zero-order valence-electron chi connectivity index (χ0n) is 13.6. The SMILES string of the molecule is CC1=C[C@@H](C)C([C@@H](C(C)C)[C@H](C)OC(=O)[C@H](C)N)C=C1. The van der Waals surface area contributed by atoms with Gasteiger partial charge in [-0.05, 0) is 38.5 Å². The van der Waals surface area contributed by atoms with Crippen LogP contribution in [0.1, 0.15) is 41.5 Å². The van der Waals surface area contributed by atoms with Crippen molar-refractivity contribution in [3.63, 3.8) is 0 Å². The normalized spacial score (nSPS) is 26.9. The smallest absolute Gasteiger partial charge is 0.322 e. The van der Waals surface area contributed by atoms with Crippen LogP contribution in [-0.4, -0.2) is 18.1 Å². The fourth-order valence-electron chi connectivity index (χ4n) is 3.17. The molecule has 0 bridgehead atoms. The van der Waals surface area contributed by atoms with Gasteiger partial charge in [-0.3, -0.25) is 4.79 Å². The number of esters is 1. The number of nitrogens with two attached hydrogens (primary N) is 1. The lowest BCUT2D eigenvalue weighted by Crippen LogP contribution is -2.39. The Hall–Kier alpha value is -1.09. The predicted octanol–water partition coefficient (Wildman–Crippen LogP) is 3.31. The number of hydrogen-bond acceptors (Lipinski definition) is 3. The van der Waals surface area contributed by atoms with Crippen molar-refractivity contribution in [1.82, 2.24) is 0 Å². The van der Waals surface area contributed by atoms with Crippen molar-refractivity contribution in [2.75, 3.05) is 0 Å². The predicted molar refractivity (Wildman–Crippen MR) is 83.1 cm³/mol. The maximum Gasteiger partial charge on any atom is 0.322 e. The molecule has 3 nitrogen and oxygen atoms in total. The van der Waals surface area contributed by atoms with E-state index >= 15 is 0 Å². The molecule has 1 unspecified atom stereocenters. The molecule has 2 N–H and O–H groups in total. The number of carbonyl (C=O) groups is 1. The van der Waals surface area contributed by atoms with Crippen LogP contribution in [-0.2, 0) is 9.53 Å². The first-order valence-electron chi connectivity index (χ1n) is 7.56. The summed E-state index contributed by atoms with van der Waals surface area (Å²) in [6.45, 7) is 12.4. The summed E-state index contributed by atoms with van der Waals surface area (Å²) in [6, 6.07) is -0.563. The molecule has 20 heavy (non-hydrogen) atoms. The van der Waals surface area contributed by atoms with Gasteiger partial charge < -0.3 is 10.5 Å². The molecule has 114 valence electrons. The molecule has 0 aromatic carbocycles. The summed E-state index contributed by atoms with van der Waals surface area (Å²) in [7, 11) is 0. The Morgan fingerprint density at radius 3 is 2.35 bits per heavy atom. The van der Waals surface area contributed by atoms with Crippen molar-refractivity contribution in [1.29, 1.82) is 0 Å². The second-order valence-electron chi connectivity index (χ2n) is 6.46. The maximum absolute atomic E-state index is 11.7. The summed E-state index contributed by atoms with van der Waals surface area (Å²) < 4.78 is 5.55. The summed E-state index contributed by atoms with van der Waals surface area (Å²) in [6.07, 6.45) is 6.60. The van der Waals surface area contributed by atoms with Crippen LogP contribution in [0, 0.1) is 23.7 Å². The molecule has 5 atom stereocenters. The van der Waals surface area contributed by atoms with Gasteiger partial charge in [-0.2, -0.15) is 0 Å². The van der Waals surface area contributed by atoms with Gasteiger partial charge in [-0.25, -0.2) is 0 Å². The highest BCUT2D eigenvalue weighted by molar-refractivity contribution is 5.75. The molecule has 0 amide bonds. The van der Waals surface area contributed by atoms with E-state index in [4.69, 9.17) is 10.5 Å². The van der Waals surface area contributed by atoms with Gasteiger partial charge in [-0.15, -0.1) is 0 Å². The monoisotopic (exact) mass is 279 g/mol. The first-order valence-corrected chi connectivity index (χ1v) is 7.56. The zero-order valence-corrected chi connectivity index (χ0v) is 13.6. The van der Waals surface area contributed by atoms with E-state index in [1.807, 2.05) is 6.92 Å². The molecule has 0 saturated heterocycles. The van der Waals surface area contributed by atoms with Crippen LogP contribution in [0.4, 0.5) is 0 Å². The number of hydrogen-bond donors (Lipinski definition) is 1. The summed E-state index contributed by atoms with van der Waals surface area (Å²) in [5, 5.41) is 0. The van der Waals surface area contributed by atoms with Gasteiger partial charge in [0.1, 0.15) is 12.1 Å². The fraction of sp³-hybridized carbons (Fsp3) is 0.706. The summed E-state index contributed by atoms with van der Waals surface area (Å²) in [4.78, 5) is 11.7. The van der Waals surface area contributed by atoms with Crippen molar-refractivity contribution in [2.24, 2.45) is 29.4 Å². The van der Waals surface area contributed by atoms with E-state index < -0.39 is 6.04 Å². The third-order valence-electron chi connectivity index (χ3n) is 4.14. The Morgan fingerprint density at radius 1 is 1.30 bits per heavy atom. The van der Waals surface area contributed by atoms with Crippen LogP contribution in [0.3, 0.4) is 0 Å². The minimum absolute atomic E-state index is 0.127. The molecular formula is C17H29NO2. The Kier molecular flexibility index (Phi) is 6.00. The van der Waals surface area contributed by atoms with Crippen LogP contribution >= 0.6 is 0 Å². The molecule has 0 radical (unpaired) electrons. The van der Waals surface area contributed by atoms with Gasteiger partial charge in [0.05, 0.1) is 0 Å². The Balaban J connectivity index is 2.84. The number of ether oxygens (including phenoxy) is 1. The number of rotatable bonds is 5. The second kappa shape index (κ2) is 7.07. The van der Waals surface area contributed by atoms with Crippen molar-refractivity contribution < 1.29 is 9.53 Å². The average molecular weight is 279 g/mol. The first-order chi connectivity index (χ1) is 9.23. The zero-order chi connectivity index (χ0) is 15.4. The second-order valence-corrected chi connectivity index (χ2v) is 6.46. The topological polar surface area (TPSA) is 52.3 Å². The van der Waals surface area contributed by atoms with E-state index in [0.29, 0.717) is 23.7 Å². The van der Waals surface area contributed by atoms with E-state index in [0.717, 1.165) is 0 Å². The number of allylic oxidation sites excluding steroid dienone is 4. The van der Waals surface area contributed by atoms with Gasteiger partial charge in [0, 0.05) is 5.92 Å². The highest BCUT2D eigenvalue weighted by Crippen LogP contribution is 2.36. The molecule has 0 aromatic heterocycles. The molecule has 1 aliphatic carbocycles. The lowest BCUT2D eigenvalue weighted by Gasteiger charge is -2.37. The van der Waals surface area contributed by atoms with E-state index in [1.54, 1.807) is 6.92 Å². The molecule has 0 aromatic rings. The van der Waals surface area contributed by atoms with Crippen molar-refractivity contribution in [3.05, 3.63) is 23.8 Å². The summed E-state index contributed by atoms with van der Waals surface area (Å²) >= 11 is 0. The molecular weight excluding hydrogens is 250 g/mol. The Bertz CT molecular complexity index is 396. The van der Waals surface area contributed by atoms with Gasteiger partial charge in [0.2, 0.25) is 0 Å². The molecule has 0 heterocycles. The molecule has 0 saturated carbocycles. The van der Waals surface area contributed by atoms with Crippen LogP contribution in [0.5, 0.6) is 0 Å². The maximum atomic E-state index is 11.7. The van der Waals surface area contributed by atoms with E-state index in [2.05, 4.69) is 45.9 Å². The third-order valence-corrected chi connectivity index (χ3v) is 4.14. The Morgan fingerprint density at radius 2 is 1.90 bits per heavy atom. The molecule has 1 aliphatic rings. The molecule has 0 spiro atoms. The van der Waals surface area contributed by atoms with Gasteiger partial charge in [-0.1, -0.05) is 44.6 Å². The minimum atomic E-state index is -0.563. The standard InChI is InChI=1S/C17H29NO2/c1-10(2)16(14(6)20-17(19)13(5)18)15-8-7-11(3)9-12(15)4/h7-10,12-16H,18H2,1-6H3/t12-,13+,14+,15?,16+/m1/s1. The molecule has 0 aliphatic heterocycles. The van der Waals surface area contributed by atoms with E-state index in [-0.39, 0.29) is 12.1 Å². The lowest BCUT2D eigenvalue weighted by atomic mass is 9.71. The van der Waals surface area contributed by atoms with Gasteiger partial charge in [0.15, 0.2) is 0 Å². The summed E-state index contributed by atoms with van der Waals surface area (Å²) in [5.41, 5.74) is 6.89. The van der Waals surface area contributed by atoms with Crippen molar-refractivity contribution in [2.45, 2.75) is 53.7 Å². The van der Waals surface area contributed by atoms with E-state index in [9.17, 15) is 4.79 Å². The van der Waals surface area contributed by atoms with Crippen LogP contribution < -0.4 is 5.73 Å². The molecule has 1 rings (SSSR count). The fourth-order valence-corrected chi connectivity index (χ4v) is 3.17. The number of carbonyl (C=O) groups excluding carboxylic acids is 1. The van der Waals surface area contributed by atoms with E-state index in [1.165, 1.54) is 5.57 Å². The van der Waals surface area contributed by atoms with Gasteiger partial charge >= 0.3 is 5.97 Å². The summed E-state index contributed by atoms with van der Waals surface area (Å²) in [5.74, 6) is 1.28. The van der Waals surface area contributed by atoms with Crippen molar-refractivity contribution in [3.8, 4) is 0 Å². The molecule has 0 fully saturated rings. The van der Waals surface area contributed by atoms with Crippen LogP contribution in [0.2, 0.25) is 0 Å². The third kappa shape index (κ3) is 4.20. The lowest BCUT2D eigenvalue weighted by molar-refractivity contribution is -0.154.